The van der Waals surface area contributed by atoms with Gasteiger partial charge in [0.1, 0.15) is 5.69 Å². The van der Waals surface area contributed by atoms with Crippen LogP contribution in [0, 0.1) is 26.2 Å². The quantitative estimate of drug-likeness (QED) is 0.508. The van der Waals surface area contributed by atoms with Gasteiger partial charge in [0.25, 0.3) is 0 Å². The Labute approximate surface area is 54.3 Å². The van der Waals surface area contributed by atoms with Gasteiger partial charge in [-0.15, -0.1) is 6.42 Å². The van der Waals surface area contributed by atoms with Crippen molar-refractivity contribution in [1.82, 2.24) is 10.2 Å². The molecule has 0 saturated carbocycles. The van der Waals surface area contributed by atoms with Crippen LogP contribution in [0.3, 0.4) is 0 Å². The monoisotopic (exact) mass is 120 g/mol. The summed E-state index contributed by atoms with van der Waals surface area (Å²) in [6.07, 6.45) is 5.13. The zero-order valence-corrected chi connectivity index (χ0v) is 5.52. The largest absolute Gasteiger partial charge is 0.281 e. The van der Waals surface area contributed by atoms with Gasteiger partial charge in [-0.3, -0.25) is 5.10 Å². The predicted molar refractivity (Wildman–Crippen MR) is 36.0 cm³/mol. The van der Waals surface area contributed by atoms with E-state index >= 15 is 0 Å². The minimum Gasteiger partial charge on any atom is -0.281 e. The topological polar surface area (TPSA) is 28.7 Å². The Kier molecular flexibility index (Phi) is 1.27. The van der Waals surface area contributed by atoms with Crippen LogP contribution in [-0.2, 0) is 0 Å². The minimum atomic E-state index is 0.715. The van der Waals surface area contributed by atoms with Crippen molar-refractivity contribution in [2.24, 2.45) is 0 Å². The average Bonchev–Trinajstić information content (AvgIpc) is 2.15. The Morgan fingerprint density at radius 2 is 2.22 bits per heavy atom. The molecule has 1 N–H and O–H groups in total. The number of H-pyrrole nitrogens is 1. The number of aromatic amines is 1. The number of aryl methyl sites for hydroxylation is 1. The van der Waals surface area contributed by atoms with Crippen LogP contribution in [0.5, 0.6) is 0 Å². The van der Waals surface area contributed by atoms with Gasteiger partial charge in [0.2, 0.25) is 0 Å². The fraction of sp³-hybridized carbons (Fsp3) is 0.286. The van der Waals surface area contributed by atoms with E-state index in [2.05, 4.69) is 16.1 Å². The van der Waals surface area contributed by atoms with E-state index in [9.17, 15) is 0 Å². The molecular weight excluding hydrogens is 112 g/mol. The first-order valence-electron chi connectivity index (χ1n) is 2.74. The van der Waals surface area contributed by atoms with Crippen LogP contribution in [0.25, 0.3) is 0 Å². The van der Waals surface area contributed by atoms with Gasteiger partial charge in [-0.2, -0.15) is 5.10 Å². The number of terminal acetylenes is 1. The van der Waals surface area contributed by atoms with Gasteiger partial charge < -0.3 is 0 Å². The van der Waals surface area contributed by atoms with Gasteiger partial charge in [-0.05, 0) is 19.8 Å². The van der Waals surface area contributed by atoms with Crippen LogP contribution < -0.4 is 0 Å². The standard InChI is InChI=1S/C7H8N2/c1-4-7-5(2)6(3)8-9-7/h1H,2-3H3,(H,8,9). The van der Waals surface area contributed by atoms with Crippen LogP contribution in [-0.4, -0.2) is 10.2 Å². The lowest BCUT2D eigenvalue weighted by Crippen LogP contribution is -1.75. The highest BCUT2D eigenvalue weighted by Gasteiger charge is 1.99. The summed E-state index contributed by atoms with van der Waals surface area (Å²) in [6.45, 7) is 3.90. The van der Waals surface area contributed by atoms with Gasteiger partial charge in [0.15, 0.2) is 0 Å². The molecule has 0 aliphatic carbocycles. The molecule has 0 saturated heterocycles. The van der Waals surface area contributed by atoms with Crippen molar-refractivity contribution in [2.75, 3.05) is 0 Å². The van der Waals surface area contributed by atoms with E-state index in [-0.39, 0.29) is 0 Å². The molecule has 0 amide bonds. The highest BCUT2D eigenvalue weighted by molar-refractivity contribution is 5.34. The van der Waals surface area contributed by atoms with Gasteiger partial charge in [0.05, 0.1) is 0 Å². The lowest BCUT2D eigenvalue weighted by atomic mass is 10.2. The van der Waals surface area contributed by atoms with Crippen LogP contribution in [0.1, 0.15) is 17.0 Å². The van der Waals surface area contributed by atoms with Crippen molar-refractivity contribution in [3.05, 3.63) is 17.0 Å². The third-order valence-corrected chi connectivity index (χ3v) is 1.39. The van der Waals surface area contributed by atoms with Gasteiger partial charge in [-0.1, -0.05) is 0 Å². The maximum absolute atomic E-state index is 5.13. The molecular formula is C7H8N2. The van der Waals surface area contributed by atoms with E-state index < -0.39 is 0 Å². The summed E-state index contributed by atoms with van der Waals surface area (Å²) in [5.74, 6) is 2.47. The molecule has 0 aromatic carbocycles. The van der Waals surface area contributed by atoms with Crippen LogP contribution in [0.4, 0.5) is 0 Å². The van der Waals surface area contributed by atoms with E-state index in [1.54, 1.807) is 0 Å². The van der Waals surface area contributed by atoms with E-state index in [4.69, 9.17) is 6.42 Å². The van der Waals surface area contributed by atoms with Crippen molar-refractivity contribution in [3.8, 4) is 12.3 Å². The fourth-order valence-corrected chi connectivity index (χ4v) is 0.626. The molecule has 2 heteroatoms. The predicted octanol–water partition coefficient (Wildman–Crippen LogP) is 1.01. The first-order valence-corrected chi connectivity index (χ1v) is 2.74. The second-order valence-electron chi connectivity index (χ2n) is 1.97. The zero-order valence-electron chi connectivity index (χ0n) is 5.52. The maximum Gasteiger partial charge on any atom is 0.137 e. The molecule has 0 aliphatic heterocycles. The molecule has 0 unspecified atom stereocenters. The Morgan fingerprint density at radius 3 is 2.44 bits per heavy atom. The summed E-state index contributed by atoms with van der Waals surface area (Å²) < 4.78 is 0. The Bertz CT molecular complexity index is 252. The summed E-state index contributed by atoms with van der Waals surface area (Å²) in [7, 11) is 0. The molecule has 0 spiro atoms. The Morgan fingerprint density at radius 1 is 1.56 bits per heavy atom. The molecule has 46 valence electrons. The third kappa shape index (κ3) is 0.812. The summed E-state index contributed by atoms with van der Waals surface area (Å²) in [5.41, 5.74) is 2.83. The van der Waals surface area contributed by atoms with Crippen molar-refractivity contribution in [2.45, 2.75) is 13.8 Å². The SMILES string of the molecule is C#Cc1n[nH]c(C)c1C. The lowest BCUT2D eigenvalue weighted by molar-refractivity contribution is 1.04. The molecule has 1 aromatic heterocycles. The van der Waals surface area contributed by atoms with Crippen molar-refractivity contribution in [3.63, 3.8) is 0 Å². The van der Waals surface area contributed by atoms with E-state index in [1.807, 2.05) is 13.8 Å². The number of nitrogens with zero attached hydrogens (tertiary/aromatic N) is 1. The number of aromatic nitrogens is 2. The zero-order chi connectivity index (χ0) is 6.85. The first kappa shape index (κ1) is 5.90. The Hall–Kier alpha value is -1.23. The molecule has 0 bridgehead atoms. The number of hydrogen-bond donors (Lipinski definition) is 1. The van der Waals surface area contributed by atoms with E-state index in [0.29, 0.717) is 5.69 Å². The summed E-state index contributed by atoms with van der Waals surface area (Å²) in [5, 5.41) is 6.67. The first-order chi connectivity index (χ1) is 4.25. The molecule has 1 heterocycles. The normalized spacial score (nSPS) is 9.00. The summed E-state index contributed by atoms with van der Waals surface area (Å²) in [6, 6.07) is 0. The van der Waals surface area contributed by atoms with Gasteiger partial charge in [-0.25, -0.2) is 0 Å². The Balaban J connectivity index is 3.24. The number of rotatable bonds is 0. The summed E-state index contributed by atoms with van der Waals surface area (Å²) in [4.78, 5) is 0. The van der Waals surface area contributed by atoms with Crippen molar-refractivity contribution < 1.29 is 0 Å². The third-order valence-electron chi connectivity index (χ3n) is 1.39. The average molecular weight is 120 g/mol. The fourth-order valence-electron chi connectivity index (χ4n) is 0.626. The molecule has 9 heavy (non-hydrogen) atoms. The molecule has 2 nitrogen and oxygen atoms in total. The molecule has 1 rings (SSSR count). The van der Waals surface area contributed by atoms with Gasteiger partial charge in [0, 0.05) is 11.3 Å². The molecule has 0 aliphatic rings. The molecule has 0 radical (unpaired) electrons. The van der Waals surface area contributed by atoms with E-state index in [1.165, 1.54) is 0 Å². The van der Waals surface area contributed by atoms with Crippen LogP contribution in [0.15, 0.2) is 0 Å². The number of hydrogen-bond acceptors (Lipinski definition) is 1. The molecule has 0 fully saturated rings. The summed E-state index contributed by atoms with van der Waals surface area (Å²) >= 11 is 0. The second-order valence-corrected chi connectivity index (χ2v) is 1.97. The lowest BCUT2D eigenvalue weighted by Gasteiger charge is -1.83. The molecule has 0 atom stereocenters. The van der Waals surface area contributed by atoms with Crippen molar-refractivity contribution >= 4 is 0 Å². The van der Waals surface area contributed by atoms with Crippen molar-refractivity contribution in [1.29, 1.82) is 0 Å². The van der Waals surface area contributed by atoms with E-state index in [0.717, 1.165) is 11.3 Å². The molecule has 1 aromatic rings. The smallest absolute Gasteiger partial charge is 0.137 e. The minimum absolute atomic E-state index is 0.715. The van der Waals surface area contributed by atoms with Gasteiger partial charge >= 0.3 is 0 Å². The highest BCUT2D eigenvalue weighted by Crippen LogP contribution is 2.05. The second kappa shape index (κ2) is 1.94. The van der Waals surface area contributed by atoms with Crippen LogP contribution in [0.2, 0.25) is 0 Å². The number of nitrogens with one attached hydrogen (secondary N) is 1. The highest BCUT2D eigenvalue weighted by atomic mass is 15.1. The van der Waals surface area contributed by atoms with Crippen LogP contribution >= 0.6 is 0 Å². The maximum atomic E-state index is 5.13.